The van der Waals surface area contributed by atoms with Crippen molar-refractivity contribution in [1.82, 2.24) is 4.90 Å². The molecule has 1 aliphatic rings. The number of thiophene rings is 1. The second kappa shape index (κ2) is 14.4. The highest BCUT2D eigenvalue weighted by molar-refractivity contribution is 7.70. The summed E-state index contributed by atoms with van der Waals surface area (Å²) >= 11 is 0.986. The Labute approximate surface area is 283 Å². The van der Waals surface area contributed by atoms with Crippen molar-refractivity contribution in [2.75, 3.05) is 50.7 Å². The van der Waals surface area contributed by atoms with Gasteiger partial charge in [0.05, 0.1) is 33.4 Å². The summed E-state index contributed by atoms with van der Waals surface area (Å²) in [6.45, 7) is 7.88. The van der Waals surface area contributed by atoms with Gasteiger partial charge in [0.15, 0.2) is 12.4 Å². The molecule has 2 aromatic carbocycles. The molecule has 16 heteroatoms. The van der Waals surface area contributed by atoms with Gasteiger partial charge in [0.25, 0.3) is 0 Å². The summed E-state index contributed by atoms with van der Waals surface area (Å²) < 4.78 is 119. The number of fused-ring (bicyclic) bond motifs is 1. The van der Waals surface area contributed by atoms with Gasteiger partial charge < -0.3 is 24.3 Å². The first-order valence-corrected chi connectivity index (χ1v) is 18.6. The molecule has 1 aromatic heterocycles. The molecule has 0 spiro atoms. The fraction of sp³-hybridized carbons (Fsp3) is 0.485. The van der Waals surface area contributed by atoms with Crippen LogP contribution in [0.25, 0.3) is 10.1 Å². The molecule has 2 N–H and O–H groups in total. The van der Waals surface area contributed by atoms with Gasteiger partial charge in [0.1, 0.15) is 13.3 Å². The molecule has 2 atom stereocenters. The highest BCUT2D eigenvalue weighted by Crippen LogP contribution is 2.46. The monoisotopic (exact) mass is 735 g/mol. The van der Waals surface area contributed by atoms with E-state index < -0.39 is 67.9 Å². The van der Waals surface area contributed by atoms with Crippen LogP contribution in [-0.2, 0) is 21.1 Å². The molecule has 0 radical (unpaired) electrons. The van der Waals surface area contributed by atoms with Crippen molar-refractivity contribution in [3.63, 3.8) is 0 Å². The van der Waals surface area contributed by atoms with Crippen LogP contribution in [0.3, 0.4) is 0 Å². The summed E-state index contributed by atoms with van der Waals surface area (Å²) in [5.74, 6) is 4.41. The minimum Gasteiger partial charge on any atom is -0.436 e. The average Bonchev–Trinajstić information content (AvgIpc) is 3.28. The number of alkyl halides is 7. The zero-order chi connectivity index (χ0) is 36.5. The number of hydrogen-bond donors (Lipinski definition) is 2. The topological polar surface area (TPSA) is 79.9 Å². The van der Waals surface area contributed by atoms with Crippen molar-refractivity contribution in [1.29, 1.82) is 0 Å². The van der Waals surface area contributed by atoms with Gasteiger partial charge in [-0.05, 0) is 61.4 Å². The number of piperidine rings is 1. The molecule has 2 unspecified atom stereocenters. The van der Waals surface area contributed by atoms with E-state index in [-0.39, 0.29) is 27.9 Å². The second-order valence-corrected chi connectivity index (χ2v) is 17.4. The van der Waals surface area contributed by atoms with Crippen molar-refractivity contribution in [3.8, 4) is 17.6 Å². The van der Waals surface area contributed by atoms with Crippen molar-refractivity contribution in [2.45, 2.75) is 63.8 Å². The maximum Gasteiger partial charge on any atom is 0.573 e. The number of carbonyl (C=O) groups excluding carboxylic acids is 1. The molecule has 1 saturated heterocycles. The van der Waals surface area contributed by atoms with Crippen LogP contribution in [0.5, 0.6) is 5.75 Å². The number of hydrogen-bond acceptors (Lipinski definition) is 7. The third kappa shape index (κ3) is 10.0. The molecule has 0 saturated carbocycles. The number of likely N-dealkylation sites (tertiary alicyclic amines) is 1. The van der Waals surface area contributed by atoms with Gasteiger partial charge >= 0.3 is 18.6 Å². The van der Waals surface area contributed by atoms with Gasteiger partial charge in [-0.25, -0.2) is 9.18 Å². The Bertz CT molecular complexity index is 1800. The molecule has 3 aromatic rings. The summed E-state index contributed by atoms with van der Waals surface area (Å²) in [7, 11) is -1.29. The van der Waals surface area contributed by atoms with E-state index in [0.717, 1.165) is 17.4 Å². The lowest BCUT2D eigenvalue weighted by molar-refractivity contribution is -0.274. The molecule has 7 nitrogen and oxygen atoms in total. The van der Waals surface area contributed by atoms with Crippen LogP contribution in [0.1, 0.15) is 43.2 Å². The smallest absolute Gasteiger partial charge is 0.436 e. The first-order chi connectivity index (χ1) is 22.5. The van der Waals surface area contributed by atoms with Crippen LogP contribution in [0.4, 0.5) is 46.9 Å². The van der Waals surface area contributed by atoms with Crippen molar-refractivity contribution in [2.24, 2.45) is 0 Å². The molecule has 1 fully saturated rings. The second-order valence-electron chi connectivity index (χ2n) is 13.2. The third-order valence-electron chi connectivity index (χ3n) is 7.68. The standard InChI is InChI=1S/C33H37F7N3O4PS/c1-31(2,3)27-25(48(5,6)45)13-12-23(28(27)47-33(38,39)40)42-30(44)46-16-8-11-26-20(17-32(35,36)37)19-9-7-10-24(29(19)49-26)41-22-14-15-43(4)18-21(22)34/h7,9-10,12-13,21-22,41H,14-18H2,1-6H3,(H,42,44). The van der Waals surface area contributed by atoms with Gasteiger partial charge in [0.2, 0.25) is 0 Å². The lowest BCUT2D eigenvalue weighted by Gasteiger charge is -2.33. The molecule has 268 valence electrons. The van der Waals surface area contributed by atoms with Gasteiger partial charge in [-0.3, -0.25) is 5.32 Å². The number of carbonyl (C=O) groups is 1. The maximum atomic E-state index is 14.7. The number of anilines is 2. The normalized spacial score (nSPS) is 17.7. The fourth-order valence-electron chi connectivity index (χ4n) is 5.61. The van der Waals surface area contributed by atoms with Crippen LogP contribution in [0, 0.1) is 11.8 Å². The number of nitrogens with zero attached hydrogens (tertiary/aromatic N) is 1. The first kappa shape index (κ1) is 38.3. The number of benzene rings is 2. The van der Waals surface area contributed by atoms with Crippen molar-refractivity contribution < 1.29 is 49.6 Å². The number of amides is 1. The highest BCUT2D eigenvalue weighted by Gasteiger charge is 2.38. The molecule has 49 heavy (non-hydrogen) atoms. The van der Waals surface area contributed by atoms with E-state index in [9.17, 15) is 40.1 Å². The molecular weight excluding hydrogens is 698 g/mol. The summed E-state index contributed by atoms with van der Waals surface area (Å²) in [5.41, 5.74) is -0.994. The predicted octanol–water partition coefficient (Wildman–Crippen LogP) is 8.50. The number of rotatable bonds is 7. The van der Waals surface area contributed by atoms with E-state index in [1.807, 2.05) is 11.9 Å². The molecular formula is C33H37F7N3O4PS. The largest absolute Gasteiger partial charge is 0.573 e. The summed E-state index contributed by atoms with van der Waals surface area (Å²) in [5, 5.41) is 5.81. The van der Waals surface area contributed by atoms with Crippen molar-refractivity contribution >= 4 is 51.3 Å². The van der Waals surface area contributed by atoms with Gasteiger partial charge in [-0.1, -0.05) is 44.7 Å². The molecule has 0 aliphatic carbocycles. The highest BCUT2D eigenvalue weighted by atomic mass is 32.1. The van der Waals surface area contributed by atoms with E-state index in [1.165, 1.54) is 25.5 Å². The van der Waals surface area contributed by atoms with E-state index in [2.05, 4.69) is 27.2 Å². The van der Waals surface area contributed by atoms with Crippen LogP contribution < -0.4 is 20.7 Å². The SMILES string of the molecule is CN1CCC(Nc2cccc3c(CC(F)(F)F)c(C#CCOC(=O)Nc4ccc(P(C)(C)=O)c(C(C)(C)C)c4OC(F)(F)F)sc23)C(F)C1. The number of nitrogens with one attached hydrogen (secondary N) is 2. The quantitative estimate of drug-likeness (QED) is 0.144. The Hall–Kier alpha value is -3.47. The zero-order valence-electron chi connectivity index (χ0n) is 27.7. The van der Waals surface area contributed by atoms with E-state index in [0.29, 0.717) is 28.7 Å². The Kier molecular flexibility index (Phi) is 11.3. The summed E-state index contributed by atoms with van der Waals surface area (Å²) in [4.78, 5) is 14.6. The molecule has 4 rings (SSSR count). The predicted molar refractivity (Wildman–Crippen MR) is 179 cm³/mol. The van der Waals surface area contributed by atoms with Crippen LogP contribution >= 0.6 is 18.5 Å². The third-order valence-corrected chi connectivity index (χ3v) is 10.4. The molecule has 0 bridgehead atoms. The Morgan fingerprint density at radius 1 is 1.08 bits per heavy atom. The van der Waals surface area contributed by atoms with Crippen LogP contribution in [0.2, 0.25) is 0 Å². The maximum absolute atomic E-state index is 14.7. The molecule has 1 amide bonds. The zero-order valence-corrected chi connectivity index (χ0v) is 29.4. The first-order valence-electron chi connectivity index (χ1n) is 15.1. The summed E-state index contributed by atoms with van der Waals surface area (Å²) in [6.07, 6.45) is -12.9. The van der Waals surface area contributed by atoms with Gasteiger partial charge in [-0.15, -0.1) is 24.5 Å². The van der Waals surface area contributed by atoms with E-state index in [4.69, 9.17) is 4.74 Å². The average molecular weight is 736 g/mol. The minimum atomic E-state index is -5.15. The van der Waals surface area contributed by atoms with Gasteiger partial charge in [-0.2, -0.15) is 13.2 Å². The van der Waals surface area contributed by atoms with E-state index in [1.54, 1.807) is 32.9 Å². The van der Waals surface area contributed by atoms with E-state index >= 15 is 0 Å². The Morgan fingerprint density at radius 2 is 1.78 bits per heavy atom. The lowest BCUT2D eigenvalue weighted by atomic mass is 9.85. The van der Waals surface area contributed by atoms with Crippen LogP contribution in [-0.4, -0.2) is 75.8 Å². The Balaban J connectivity index is 1.59. The fourth-order valence-corrected chi connectivity index (χ4v) is 8.19. The lowest BCUT2D eigenvalue weighted by Crippen LogP contribution is -2.46. The number of ether oxygens (including phenoxy) is 2. The Morgan fingerprint density at radius 3 is 2.37 bits per heavy atom. The molecule has 1 aliphatic heterocycles. The number of halogens is 7. The van der Waals surface area contributed by atoms with Crippen molar-refractivity contribution in [3.05, 3.63) is 46.3 Å². The van der Waals surface area contributed by atoms with Gasteiger partial charge in [0, 0.05) is 24.0 Å². The minimum absolute atomic E-state index is 0.00979. The van der Waals surface area contributed by atoms with Crippen LogP contribution in [0.15, 0.2) is 30.3 Å². The summed E-state index contributed by atoms with van der Waals surface area (Å²) in [6, 6.07) is 6.73. The molecule has 2 heterocycles.